The van der Waals surface area contributed by atoms with Crippen molar-refractivity contribution in [3.63, 3.8) is 0 Å². The number of rotatable bonds is 8. The van der Waals surface area contributed by atoms with Crippen LogP contribution in [0.5, 0.6) is 0 Å². The fourth-order valence-electron chi connectivity index (χ4n) is 3.53. The van der Waals surface area contributed by atoms with Gasteiger partial charge in [-0.25, -0.2) is 9.78 Å². The van der Waals surface area contributed by atoms with E-state index in [1.54, 1.807) is 13.0 Å². The molecule has 0 radical (unpaired) electrons. The molecule has 1 aliphatic rings. The number of hydrogen-bond acceptors (Lipinski definition) is 6. The van der Waals surface area contributed by atoms with Crippen LogP contribution in [0.15, 0.2) is 70.8 Å². The predicted octanol–water partition coefficient (Wildman–Crippen LogP) is 4.73. The molecule has 3 rings (SSSR count). The van der Waals surface area contributed by atoms with E-state index in [1.165, 1.54) is 23.4 Å². The summed E-state index contributed by atoms with van der Waals surface area (Å²) in [6.45, 7) is 13.4. The Labute approximate surface area is 186 Å². The maximum absolute atomic E-state index is 13.1. The van der Waals surface area contributed by atoms with Gasteiger partial charge in [-0.05, 0) is 24.0 Å². The van der Waals surface area contributed by atoms with Crippen LogP contribution in [0.2, 0.25) is 0 Å². The Bertz CT molecular complexity index is 1080. The zero-order chi connectivity index (χ0) is 22.5. The summed E-state index contributed by atoms with van der Waals surface area (Å²) in [6.07, 6.45) is 3.26. The lowest BCUT2D eigenvalue weighted by Gasteiger charge is -2.29. The Morgan fingerprint density at radius 2 is 1.97 bits per heavy atom. The Balaban J connectivity index is 2.16. The summed E-state index contributed by atoms with van der Waals surface area (Å²) in [5, 5.41) is 3.63. The summed E-state index contributed by atoms with van der Waals surface area (Å²) in [4.78, 5) is 33.5. The van der Waals surface area contributed by atoms with E-state index >= 15 is 0 Å². The monoisotopic (exact) mass is 437 g/mol. The number of carbonyl (C=O) groups excluding carboxylic acids is 1. The highest BCUT2D eigenvalue weighted by Crippen LogP contribution is 2.40. The summed E-state index contributed by atoms with van der Waals surface area (Å²) in [5.41, 5.74) is 3.12. The van der Waals surface area contributed by atoms with Gasteiger partial charge < -0.3 is 15.0 Å². The second-order valence-corrected chi connectivity index (χ2v) is 8.55. The van der Waals surface area contributed by atoms with E-state index in [-0.39, 0.29) is 12.2 Å². The van der Waals surface area contributed by atoms with Gasteiger partial charge >= 0.3 is 5.97 Å². The summed E-state index contributed by atoms with van der Waals surface area (Å²) in [5.74, 6) is 0.363. The highest BCUT2D eigenvalue weighted by atomic mass is 32.2. The number of esters is 1. The van der Waals surface area contributed by atoms with E-state index in [2.05, 4.69) is 42.3 Å². The Morgan fingerprint density at radius 3 is 2.58 bits per heavy atom. The predicted molar refractivity (Wildman–Crippen MR) is 126 cm³/mol. The lowest BCUT2D eigenvalue weighted by molar-refractivity contribution is -0.138. The molecule has 0 aliphatic carbocycles. The molecule has 0 spiro atoms. The minimum atomic E-state index is -0.593. The minimum absolute atomic E-state index is 0.0905. The highest BCUT2D eigenvalue weighted by Gasteiger charge is 2.36. The minimum Gasteiger partial charge on any atom is -0.458 e. The number of hydrogen-bond donors (Lipinski definition) is 2. The van der Waals surface area contributed by atoms with Gasteiger partial charge in [0.2, 0.25) is 0 Å². The topological polar surface area (TPSA) is 84.1 Å². The molecule has 7 heteroatoms. The van der Waals surface area contributed by atoms with Gasteiger partial charge in [0.15, 0.2) is 5.16 Å². The number of carbonyl (C=O) groups is 1. The van der Waals surface area contributed by atoms with Crippen LogP contribution in [-0.2, 0) is 9.53 Å². The van der Waals surface area contributed by atoms with E-state index < -0.39 is 11.9 Å². The van der Waals surface area contributed by atoms with Crippen LogP contribution in [0.25, 0.3) is 0 Å². The maximum Gasteiger partial charge on any atom is 0.337 e. The second kappa shape index (κ2) is 9.83. The zero-order valence-electron chi connectivity index (χ0n) is 18.0. The fourth-order valence-corrected chi connectivity index (χ4v) is 4.12. The first-order valence-electron chi connectivity index (χ1n) is 10.1. The number of fused-ring (bicyclic) bond motifs is 1. The third kappa shape index (κ3) is 4.82. The number of nitrogens with one attached hydrogen (secondary N) is 2. The maximum atomic E-state index is 13.1. The third-order valence-electron chi connectivity index (χ3n) is 5.05. The molecule has 0 bridgehead atoms. The molecule has 1 aliphatic heterocycles. The molecule has 1 atom stereocenters. The van der Waals surface area contributed by atoms with Gasteiger partial charge in [-0.1, -0.05) is 68.6 Å². The van der Waals surface area contributed by atoms with Crippen molar-refractivity contribution in [1.82, 2.24) is 9.97 Å². The van der Waals surface area contributed by atoms with Gasteiger partial charge in [-0.2, -0.15) is 0 Å². The van der Waals surface area contributed by atoms with Crippen molar-refractivity contribution >= 4 is 23.5 Å². The van der Waals surface area contributed by atoms with Crippen molar-refractivity contribution in [3.8, 4) is 0 Å². The van der Waals surface area contributed by atoms with Crippen LogP contribution in [0.3, 0.4) is 0 Å². The standard InChI is InChI=1S/C24H27N3O3S/c1-6-12-30-23(29)18-15(5)25-21-20(22(28)27-24(26-21)31-13-7-2)19(18)17-10-8-16(9-11-17)14(3)4/h6-11,14,19H,1-2,12-13H2,3-5H3,(H2,25,26,27,28)/t19-/m0/s1. The van der Waals surface area contributed by atoms with Crippen LogP contribution < -0.4 is 10.9 Å². The van der Waals surface area contributed by atoms with Crippen molar-refractivity contribution in [1.29, 1.82) is 0 Å². The SMILES string of the molecule is C=CCOC(=O)C1=C(C)Nc2nc(SCC=C)[nH]c(=O)c2[C@H]1c1ccc(C(C)C)cc1. The average molecular weight is 438 g/mol. The van der Waals surface area contributed by atoms with Gasteiger partial charge in [0.05, 0.1) is 17.1 Å². The molecular formula is C24H27N3O3S. The van der Waals surface area contributed by atoms with Crippen LogP contribution >= 0.6 is 11.8 Å². The van der Waals surface area contributed by atoms with Crippen molar-refractivity contribution < 1.29 is 9.53 Å². The lowest BCUT2D eigenvalue weighted by Crippen LogP contribution is -2.31. The summed E-state index contributed by atoms with van der Waals surface area (Å²) >= 11 is 1.39. The van der Waals surface area contributed by atoms with E-state index in [0.29, 0.717) is 39.5 Å². The molecule has 2 heterocycles. The Morgan fingerprint density at radius 1 is 1.26 bits per heavy atom. The van der Waals surface area contributed by atoms with Gasteiger partial charge in [0, 0.05) is 11.4 Å². The third-order valence-corrected chi connectivity index (χ3v) is 5.92. The molecule has 0 unspecified atom stereocenters. The van der Waals surface area contributed by atoms with Crippen molar-refractivity contribution in [3.05, 3.63) is 87.9 Å². The largest absolute Gasteiger partial charge is 0.458 e. The summed E-state index contributed by atoms with van der Waals surface area (Å²) < 4.78 is 5.34. The van der Waals surface area contributed by atoms with E-state index in [1.807, 2.05) is 24.3 Å². The molecule has 1 aromatic heterocycles. The molecule has 1 aromatic carbocycles. The molecule has 2 N–H and O–H groups in total. The number of H-pyrrole nitrogens is 1. The molecule has 0 saturated carbocycles. The van der Waals surface area contributed by atoms with E-state index in [4.69, 9.17) is 4.74 Å². The molecule has 162 valence electrons. The number of thioether (sulfide) groups is 1. The summed E-state index contributed by atoms with van der Waals surface area (Å²) in [6, 6.07) is 7.98. The van der Waals surface area contributed by atoms with Gasteiger partial charge in [0.1, 0.15) is 12.4 Å². The highest BCUT2D eigenvalue weighted by molar-refractivity contribution is 7.99. The smallest absolute Gasteiger partial charge is 0.337 e. The van der Waals surface area contributed by atoms with Crippen LogP contribution in [-0.4, -0.2) is 28.3 Å². The van der Waals surface area contributed by atoms with Gasteiger partial charge in [-0.15, -0.1) is 6.58 Å². The van der Waals surface area contributed by atoms with Crippen LogP contribution in [0.4, 0.5) is 5.82 Å². The quantitative estimate of drug-likeness (QED) is 0.269. The molecule has 6 nitrogen and oxygen atoms in total. The second-order valence-electron chi connectivity index (χ2n) is 7.54. The van der Waals surface area contributed by atoms with E-state index in [9.17, 15) is 9.59 Å². The van der Waals surface area contributed by atoms with Crippen molar-refractivity contribution in [2.24, 2.45) is 0 Å². The number of aromatic nitrogens is 2. The average Bonchev–Trinajstić information content (AvgIpc) is 2.75. The normalized spacial score (nSPS) is 15.3. The molecular weight excluding hydrogens is 410 g/mol. The van der Waals surface area contributed by atoms with Gasteiger partial charge in [0.25, 0.3) is 5.56 Å². The van der Waals surface area contributed by atoms with Crippen LogP contribution in [0, 0.1) is 0 Å². The molecule has 0 amide bonds. The number of aromatic amines is 1. The first kappa shape index (κ1) is 22.6. The molecule has 0 fully saturated rings. The number of anilines is 1. The first-order chi connectivity index (χ1) is 14.9. The van der Waals surface area contributed by atoms with Crippen LogP contribution in [0.1, 0.15) is 49.3 Å². The number of nitrogens with zero attached hydrogens (tertiary/aromatic N) is 1. The van der Waals surface area contributed by atoms with Crippen molar-refractivity contribution in [2.75, 3.05) is 17.7 Å². The van der Waals surface area contributed by atoms with E-state index in [0.717, 1.165) is 5.56 Å². The Hall–Kier alpha value is -3.06. The molecule has 2 aromatic rings. The molecule has 31 heavy (non-hydrogen) atoms. The number of allylic oxidation sites excluding steroid dienone is 1. The number of ether oxygens (including phenoxy) is 1. The Kier molecular flexibility index (Phi) is 7.17. The first-order valence-corrected chi connectivity index (χ1v) is 11.1. The zero-order valence-corrected chi connectivity index (χ0v) is 18.8. The number of benzene rings is 1. The lowest BCUT2D eigenvalue weighted by atomic mass is 9.81. The summed E-state index contributed by atoms with van der Waals surface area (Å²) in [7, 11) is 0. The van der Waals surface area contributed by atoms with Gasteiger partial charge in [-0.3, -0.25) is 4.79 Å². The molecule has 0 saturated heterocycles. The van der Waals surface area contributed by atoms with Crippen molar-refractivity contribution in [2.45, 2.75) is 37.8 Å². The fraction of sp³-hybridized carbons (Fsp3) is 0.292.